The van der Waals surface area contributed by atoms with E-state index in [1.807, 2.05) is 43.3 Å². The summed E-state index contributed by atoms with van der Waals surface area (Å²) >= 11 is 5.16. The van der Waals surface area contributed by atoms with Crippen LogP contribution in [0.25, 0.3) is 0 Å². The summed E-state index contributed by atoms with van der Waals surface area (Å²) in [4.78, 5) is 3.94. The zero-order chi connectivity index (χ0) is 15.6. The number of hydrogen-bond donors (Lipinski definition) is 2. The van der Waals surface area contributed by atoms with E-state index in [0.717, 1.165) is 16.9 Å². The first-order chi connectivity index (χ1) is 10.8. The monoisotopic (exact) mass is 314 g/mol. The van der Waals surface area contributed by atoms with Gasteiger partial charge in [-0.25, -0.2) is 0 Å². The van der Waals surface area contributed by atoms with Crippen LogP contribution in [0.4, 0.5) is 0 Å². The second-order valence-corrected chi connectivity index (χ2v) is 4.82. The Balaban J connectivity index is 1.74. The summed E-state index contributed by atoms with van der Waals surface area (Å²) in [5.41, 5.74) is 4.85. The summed E-state index contributed by atoms with van der Waals surface area (Å²) < 4.78 is 5.40. The van der Waals surface area contributed by atoms with Crippen LogP contribution in [-0.4, -0.2) is 22.9 Å². The van der Waals surface area contributed by atoms with Gasteiger partial charge in [-0.3, -0.25) is 10.4 Å². The van der Waals surface area contributed by atoms with Gasteiger partial charge in [0.1, 0.15) is 5.75 Å². The van der Waals surface area contributed by atoms with Crippen molar-refractivity contribution in [3.05, 3.63) is 59.9 Å². The van der Waals surface area contributed by atoms with Gasteiger partial charge in [0.25, 0.3) is 0 Å². The largest absolute Gasteiger partial charge is 0.494 e. The van der Waals surface area contributed by atoms with Gasteiger partial charge in [-0.05, 0) is 54.5 Å². The van der Waals surface area contributed by atoms with E-state index in [4.69, 9.17) is 17.0 Å². The van der Waals surface area contributed by atoms with E-state index in [1.54, 1.807) is 18.6 Å². The molecule has 0 fully saturated rings. The first-order valence-corrected chi connectivity index (χ1v) is 7.37. The van der Waals surface area contributed by atoms with E-state index >= 15 is 0 Å². The molecule has 22 heavy (non-hydrogen) atoms. The number of aromatic nitrogens is 1. The molecule has 0 amide bonds. The average Bonchev–Trinajstić information content (AvgIpc) is 2.55. The van der Waals surface area contributed by atoms with Gasteiger partial charge in [0.15, 0.2) is 5.11 Å². The normalized spacial score (nSPS) is 10.4. The van der Waals surface area contributed by atoms with Gasteiger partial charge in [-0.15, -0.1) is 0 Å². The fourth-order valence-corrected chi connectivity index (χ4v) is 1.83. The quantitative estimate of drug-likeness (QED) is 0.487. The Morgan fingerprint density at radius 3 is 2.64 bits per heavy atom. The van der Waals surface area contributed by atoms with Gasteiger partial charge in [0.05, 0.1) is 12.8 Å². The predicted octanol–water partition coefficient (Wildman–Crippen LogP) is 2.48. The van der Waals surface area contributed by atoms with E-state index in [2.05, 4.69) is 20.8 Å². The molecule has 6 heteroatoms. The summed E-state index contributed by atoms with van der Waals surface area (Å²) in [6.07, 6.45) is 5.11. The molecule has 0 aliphatic heterocycles. The summed E-state index contributed by atoms with van der Waals surface area (Å²) in [6.45, 7) is 3.26. The lowest BCUT2D eigenvalue weighted by molar-refractivity contribution is 0.340. The van der Waals surface area contributed by atoms with Crippen LogP contribution in [0.5, 0.6) is 5.75 Å². The third kappa shape index (κ3) is 5.49. The molecular formula is C16H18N4OS. The third-order valence-electron chi connectivity index (χ3n) is 2.77. The summed E-state index contributed by atoms with van der Waals surface area (Å²) in [5, 5.41) is 7.63. The Bertz CT molecular complexity index is 614. The zero-order valence-electron chi connectivity index (χ0n) is 12.3. The van der Waals surface area contributed by atoms with E-state index in [0.29, 0.717) is 18.3 Å². The van der Waals surface area contributed by atoms with Crippen molar-refractivity contribution in [3.8, 4) is 5.75 Å². The number of ether oxygens (including phenoxy) is 1. The van der Waals surface area contributed by atoms with E-state index in [9.17, 15) is 0 Å². The molecule has 0 saturated carbocycles. The average molecular weight is 314 g/mol. The number of nitrogens with one attached hydrogen (secondary N) is 2. The summed E-state index contributed by atoms with van der Waals surface area (Å²) in [7, 11) is 0. The maximum Gasteiger partial charge on any atom is 0.187 e. The molecule has 0 aliphatic carbocycles. The molecule has 0 spiro atoms. The molecule has 2 aromatic rings. The highest BCUT2D eigenvalue weighted by Crippen LogP contribution is 2.11. The fraction of sp³-hybridized carbons (Fsp3) is 0.188. The highest BCUT2D eigenvalue weighted by molar-refractivity contribution is 7.80. The minimum Gasteiger partial charge on any atom is -0.494 e. The minimum atomic E-state index is 0.471. The molecule has 0 unspecified atom stereocenters. The number of thiocarbonyl (C=S) groups is 1. The molecule has 2 rings (SSSR count). The van der Waals surface area contributed by atoms with E-state index in [-0.39, 0.29) is 0 Å². The van der Waals surface area contributed by atoms with Crippen molar-refractivity contribution in [1.82, 2.24) is 15.7 Å². The molecule has 2 N–H and O–H groups in total. The molecule has 1 aromatic carbocycles. The Hall–Kier alpha value is -2.47. The third-order valence-corrected chi connectivity index (χ3v) is 3.01. The summed E-state index contributed by atoms with van der Waals surface area (Å²) in [5.74, 6) is 0.869. The summed E-state index contributed by atoms with van der Waals surface area (Å²) in [6, 6.07) is 11.6. The predicted molar refractivity (Wildman–Crippen MR) is 92.0 cm³/mol. The Kier molecular flexibility index (Phi) is 6.32. The highest BCUT2D eigenvalue weighted by Gasteiger charge is 1.97. The molecule has 0 aliphatic rings. The number of benzene rings is 1. The zero-order valence-corrected chi connectivity index (χ0v) is 13.1. The first-order valence-electron chi connectivity index (χ1n) is 6.96. The Morgan fingerprint density at radius 2 is 1.95 bits per heavy atom. The van der Waals surface area contributed by atoms with Crippen LogP contribution in [0.1, 0.15) is 18.1 Å². The molecule has 5 nitrogen and oxygen atoms in total. The number of rotatable bonds is 6. The number of nitrogens with zero attached hydrogens (tertiary/aromatic N) is 2. The van der Waals surface area contributed by atoms with Crippen LogP contribution in [0.2, 0.25) is 0 Å². The van der Waals surface area contributed by atoms with Crippen molar-refractivity contribution in [1.29, 1.82) is 0 Å². The molecule has 0 radical (unpaired) electrons. The smallest absolute Gasteiger partial charge is 0.187 e. The van der Waals surface area contributed by atoms with Crippen molar-refractivity contribution >= 4 is 23.5 Å². The van der Waals surface area contributed by atoms with Gasteiger partial charge in [-0.2, -0.15) is 5.10 Å². The number of pyridine rings is 1. The molecule has 0 bridgehead atoms. The van der Waals surface area contributed by atoms with Crippen molar-refractivity contribution < 1.29 is 4.74 Å². The van der Waals surface area contributed by atoms with Gasteiger partial charge in [-0.1, -0.05) is 12.1 Å². The lowest BCUT2D eigenvalue weighted by atomic mass is 10.2. The van der Waals surface area contributed by atoms with Gasteiger partial charge in [0.2, 0.25) is 0 Å². The van der Waals surface area contributed by atoms with Crippen LogP contribution < -0.4 is 15.5 Å². The van der Waals surface area contributed by atoms with Crippen molar-refractivity contribution in [2.24, 2.45) is 5.10 Å². The molecule has 1 heterocycles. The molecule has 1 aromatic heterocycles. The van der Waals surface area contributed by atoms with E-state index in [1.165, 1.54) is 0 Å². The van der Waals surface area contributed by atoms with Gasteiger partial charge < -0.3 is 10.1 Å². The highest BCUT2D eigenvalue weighted by atomic mass is 32.1. The van der Waals surface area contributed by atoms with Crippen LogP contribution in [0, 0.1) is 0 Å². The van der Waals surface area contributed by atoms with Gasteiger partial charge >= 0.3 is 0 Å². The molecule has 114 valence electrons. The van der Waals surface area contributed by atoms with Crippen molar-refractivity contribution in [3.63, 3.8) is 0 Å². The van der Waals surface area contributed by atoms with Gasteiger partial charge in [0, 0.05) is 18.9 Å². The standard InChI is InChI=1S/C16H18N4OS/c1-2-21-15-5-3-13(4-6-15)11-18-16(22)20-19-12-14-7-9-17-10-8-14/h3-10,12H,2,11H2,1H3,(H2,18,20,22)/b19-12-. The Labute approximate surface area is 135 Å². The van der Waals surface area contributed by atoms with Crippen LogP contribution >= 0.6 is 12.2 Å². The number of hydrogen-bond acceptors (Lipinski definition) is 4. The molecule has 0 atom stereocenters. The topological polar surface area (TPSA) is 58.5 Å². The SMILES string of the molecule is CCOc1ccc(CNC(=S)N/N=C\c2ccncc2)cc1. The fourth-order valence-electron chi connectivity index (χ4n) is 1.71. The van der Waals surface area contributed by atoms with Crippen LogP contribution in [0.15, 0.2) is 53.9 Å². The lowest BCUT2D eigenvalue weighted by Crippen LogP contribution is -2.31. The maximum absolute atomic E-state index is 5.40. The van der Waals surface area contributed by atoms with Crippen LogP contribution in [-0.2, 0) is 6.54 Å². The maximum atomic E-state index is 5.40. The lowest BCUT2D eigenvalue weighted by Gasteiger charge is -2.08. The van der Waals surface area contributed by atoms with Crippen LogP contribution in [0.3, 0.4) is 0 Å². The minimum absolute atomic E-state index is 0.471. The van der Waals surface area contributed by atoms with Crippen molar-refractivity contribution in [2.45, 2.75) is 13.5 Å². The Morgan fingerprint density at radius 1 is 1.23 bits per heavy atom. The van der Waals surface area contributed by atoms with Crippen molar-refractivity contribution in [2.75, 3.05) is 6.61 Å². The second-order valence-electron chi connectivity index (χ2n) is 4.41. The first kappa shape index (κ1) is 15.9. The van der Waals surface area contributed by atoms with E-state index < -0.39 is 0 Å². The second kappa shape index (κ2) is 8.74. The molecular weight excluding hydrogens is 296 g/mol. The molecule has 0 saturated heterocycles. The number of hydrazone groups is 1.